The van der Waals surface area contributed by atoms with Crippen LogP contribution in [0.2, 0.25) is 0 Å². The molecule has 0 saturated carbocycles. The molecule has 3 rings (SSSR count). The van der Waals surface area contributed by atoms with Crippen LogP contribution in [0.1, 0.15) is 6.92 Å². The van der Waals surface area contributed by atoms with E-state index < -0.39 is 0 Å². The normalized spacial score (nSPS) is 11.4. The van der Waals surface area contributed by atoms with Crippen molar-refractivity contribution in [3.8, 4) is 22.8 Å². The summed E-state index contributed by atoms with van der Waals surface area (Å²) < 4.78 is 10.7. The lowest BCUT2D eigenvalue weighted by Gasteiger charge is -2.24. The highest BCUT2D eigenvalue weighted by atomic mass is 16.8. The predicted molar refractivity (Wildman–Crippen MR) is 112 cm³/mol. The lowest BCUT2D eigenvalue weighted by molar-refractivity contribution is 0.270. The van der Waals surface area contributed by atoms with Crippen LogP contribution in [-0.2, 0) is 0 Å². The second-order valence-electron chi connectivity index (χ2n) is 6.16. The van der Waals surface area contributed by atoms with Gasteiger partial charge >= 0.3 is 0 Å². The first-order chi connectivity index (χ1) is 14.0. The summed E-state index contributed by atoms with van der Waals surface area (Å²) in [6, 6.07) is 14.1. The SMILES string of the molecule is C=C[C@@H](C)Oc1ccc(-c2cc(Nc3ccc(OC)c(N([O-])O)c3)ncn2)cc1. The Kier molecular flexibility index (Phi) is 6.28. The first-order valence-electron chi connectivity index (χ1n) is 8.83. The van der Waals surface area contributed by atoms with Crippen LogP contribution >= 0.6 is 0 Å². The van der Waals surface area contributed by atoms with Gasteiger partial charge in [-0.3, -0.25) is 5.21 Å². The summed E-state index contributed by atoms with van der Waals surface area (Å²) in [5.74, 6) is 1.53. The van der Waals surface area contributed by atoms with Crippen molar-refractivity contribution >= 4 is 17.2 Å². The van der Waals surface area contributed by atoms with Gasteiger partial charge in [0.05, 0.1) is 18.5 Å². The maximum absolute atomic E-state index is 11.3. The van der Waals surface area contributed by atoms with Gasteiger partial charge < -0.3 is 25.2 Å². The molecule has 0 aliphatic heterocycles. The van der Waals surface area contributed by atoms with Crippen LogP contribution in [0.15, 0.2) is 67.5 Å². The maximum atomic E-state index is 11.3. The van der Waals surface area contributed by atoms with E-state index in [9.17, 15) is 10.4 Å². The minimum atomic E-state index is -0.244. The van der Waals surface area contributed by atoms with Crippen LogP contribution in [-0.4, -0.2) is 28.4 Å². The van der Waals surface area contributed by atoms with Crippen molar-refractivity contribution in [2.45, 2.75) is 13.0 Å². The van der Waals surface area contributed by atoms with E-state index in [1.165, 1.54) is 19.5 Å². The molecule has 0 aliphatic carbocycles. The smallest absolute Gasteiger partial charge is 0.143 e. The van der Waals surface area contributed by atoms with Gasteiger partial charge in [0.2, 0.25) is 0 Å². The Morgan fingerprint density at radius 3 is 2.59 bits per heavy atom. The molecule has 3 aromatic rings. The number of rotatable bonds is 8. The molecule has 0 aliphatic rings. The van der Waals surface area contributed by atoms with Gasteiger partial charge in [-0.05, 0) is 49.4 Å². The number of nitrogens with one attached hydrogen (secondary N) is 1. The third kappa shape index (κ3) is 5.01. The molecule has 0 radical (unpaired) electrons. The fraction of sp³-hybridized carbons (Fsp3) is 0.143. The van der Waals surface area contributed by atoms with E-state index in [-0.39, 0.29) is 22.8 Å². The highest BCUT2D eigenvalue weighted by Gasteiger charge is 2.08. The van der Waals surface area contributed by atoms with Crippen LogP contribution < -0.4 is 20.0 Å². The second kappa shape index (κ2) is 9.05. The Morgan fingerprint density at radius 2 is 1.93 bits per heavy atom. The zero-order valence-electron chi connectivity index (χ0n) is 16.1. The number of anilines is 3. The molecule has 0 unspecified atom stereocenters. The van der Waals surface area contributed by atoms with Gasteiger partial charge in [0, 0.05) is 17.3 Å². The number of hydrogen-bond acceptors (Lipinski definition) is 8. The Labute approximate surface area is 168 Å². The van der Waals surface area contributed by atoms with Crippen molar-refractivity contribution in [1.82, 2.24) is 9.97 Å². The molecule has 0 fully saturated rings. The summed E-state index contributed by atoms with van der Waals surface area (Å²) in [6.45, 7) is 5.61. The summed E-state index contributed by atoms with van der Waals surface area (Å²) in [7, 11) is 1.42. The molecule has 150 valence electrons. The molecule has 2 aromatic carbocycles. The minimum Gasteiger partial charge on any atom is -0.733 e. The third-order valence-corrected chi connectivity index (χ3v) is 4.13. The minimum absolute atomic E-state index is 0.0175. The van der Waals surface area contributed by atoms with Crippen molar-refractivity contribution < 1.29 is 14.7 Å². The standard InChI is InChI=1S/C21H21N4O4/c1-4-14(2)29-17-8-5-15(6-9-17)18-12-21(23-13-22-18)24-16-7-10-20(28-3)19(11-16)25(26)27/h4-14,26H,1H2,2-3H3,(H,22,23,24)/q-1/t14-/m1/s1. The first-order valence-corrected chi connectivity index (χ1v) is 8.83. The topological polar surface area (TPSA) is 103 Å². The Hall–Kier alpha value is -3.62. The molecular formula is C21H21N4O4-. The molecule has 29 heavy (non-hydrogen) atoms. The molecule has 2 N–H and O–H groups in total. The second-order valence-corrected chi connectivity index (χ2v) is 6.16. The first kappa shape index (κ1) is 20.1. The fourth-order valence-electron chi connectivity index (χ4n) is 2.62. The van der Waals surface area contributed by atoms with E-state index in [1.54, 1.807) is 24.3 Å². The maximum Gasteiger partial charge on any atom is 0.143 e. The average Bonchev–Trinajstić information content (AvgIpc) is 2.74. The van der Waals surface area contributed by atoms with E-state index >= 15 is 0 Å². The van der Waals surface area contributed by atoms with Crippen LogP contribution in [0.3, 0.4) is 0 Å². The quantitative estimate of drug-likeness (QED) is 0.425. The summed E-state index contributed by atoms with van der Waals surface area (Å²) in [5.41, 5.74) is 2.15. The molecular weight excluding hydrogens is 372 g/mol. The van der Waals surface area contributed by atoms with Gasteiger partial charge in [-0.2, -0.15) is 0 Å². The third-order valence-electron chi connectivity index (χ3n) is 4.13. The van der Waals surface area contributed by atoms with Crippen molar-refractivity contribution in [3.05, 3.63) is 72.7 Å². The van der Waals surface area contributed by atoms with E-state index in [0.717, 1.165) is 11.3 Å². The van der Waals surface area contributed by atoms with Gasteiger partial charge in [-0.25, -0.2) is 9.97 Å². The lowest BCUT2D eigenvalue weighted by Crippen LogP contribution is -2.09. The number of methoxy groups -OCH3 is 1. The van der Waals surface area contributed by atoms with Crippen molar-refractivity contribution in [2.24, 2.45) is 0 Å². The van der Waals surface area contributed by atoms with Crippen LogP contribution in [0, 0.1) is 5.21 Å². The number of aromatic nitrogens is 2. The van der Waals surface area contributed by atoms with Crippen LogP contribution in [0.5, 0.6) is 11.5 Å². The molecule has 0 bridgehead atoms. The van der Waals surface area contributed by atoms with Gasteiger partial charge in [0.1, 0.15) is 29.7 Å². The van der Waals surface area contributed by atoms with Gasteiger partial charge in [0.15, 0.2) is 0 Å². The van der Waals surface area contributed by atoms with E-state index in [1.807, 2.05) is 31.2 Å². The van der Waals surface area contributed by atoms with Crippen LogP contribution in [0.25, 0.3) is 11.3 Å². The lowest BCUT2D eigenvalue weighted by atomic mass is 10.1. The van der Waals surface area contributed by atoms with E-state index in [4.69, 9.17) is 9.47 Å². The molecule has 0 saturated heterocycles. The Balaban J connectivity index is 1.79. The molecule has 1 atom stereocenters. The number of hydrogen-bond donors (Lipinski definition) is 2. The van der Waals surface area contributed by atoms with Gasteiger partial charge in [-0.15, -0.1) is 0 Å². The van der Waals surface area contributed by atoms with Crippen LogP contribution in [0.4, 0.5) is 17.2 Å². The molecule has 8 heteroatoms. The summed E-state index contributed by atoms with van der Waals surface area (Å²) in [6.07, 6.45) is 3.09. The van der Waals surface area contributed by atoms with E-state index in [0.29, 0.717) is 17.2 Å². The van der Waals surface area contributed by atoms with E-state index in [2.05, 4.69) is 21.9 Å². The highest BCUT2D eigenvalue weighted by Crippen LogP contribution is 2.31. The molecule has 0 amide bonds. The monoisotopic (exact) mass is 393 g/mol. The van der Waals surface area contributed by atoms with Crippen molar-refractivity contribution in [3.63, 3.8) is 0 Å². The number of benzene rings is 2. The molecule has 1 heterocycles. The summed E-state index contributed by atoms with van der Waals surface area (Å²) >= 11 is 0. The number of ether oxygens (including phenoxy) is 2. The van der Waals surface area contributed by atoms with Crippen molar-refractivity contribution in [1.29, 1.82) is 0 Å². The van der Waals surface area contributed by atoms with Crippen molar-refractivity contribution in [2.75, 3.05) is 17.7 Å². The average molecular weight is 393 g/mol. The predicted octanol–water partition coefficient (Wildman–Crippen LogP) is 4.54. The molecule has 8 nitrogen and oxygen atoms in total. The summed E-state index contributed by atoms with van der Waals surface area (Å²) in [4.78, 5) is 8.51. The Bertz CT molecular complexity index is 977. The summed E-state index contributed by atoms with van der Waals surface area (Å²) in [5, 5.41) is 23.4. The zero-order chi connectivity index (χ0) is 20.8. The van der Waals surface area contributed by atoms with Gasteiger partial charge in [0.25, 0.3) is 0 Å². The van der Waals surface area contributed by atoms with Gasteiger partial charge in [-0.1, -0.05) is 12.7 Å². The molecule has 1 aromatic heterocycles. The zero-order valence-corrected chi connectivity index (χ0v) is 16.1. The molecule has 0 spiro atoms. The number of nitrogens with zero attached hydrogens (tertiary/aromatic N) is 3. The highest BCUT2D eigenvalue weighted by molar-refractivity contribution is 5.70. The Morgan fingerprint density at radius 1 is 1.17 bits per heavy atom. The fourth-order valence-corrected chi connectivity index (χ4v) is 2.62. The largest absolute Gasteiger partial charge is 0.733 e.